The van der Waals surface area contributed by atoms with E-state index in [1.807, 2.05) is 0 Å². The highest BCUT2D eigenvalue weighted by Crippen LogP contribution is 2.16. The molecule has 0 radical (unpaired) electrons. The van der Waals surface area contributed by atoms with Gasteiger partial charge in [-0.15, -0.1) is 0 Å². The number of Topliss-reactive ketones (excluding diaryl/α,β-unsaturated/α-hetero) is 1. The standard InChI is InChI=1S/C16H22FNO3/c1-10(11(2)18-15(20)21-16(3,4)5)14(19)12-8-6-7-9-13(12)17/h6-11H,1-5H3,(H,18,20). The van der Waals surface area contributed by atoms with Crippen LogP contribution in [0.4, 0.5) is 9.18 Å². The molecule has 0 aliphatic carbocycles. The zero-order chi connectivity index (χ0) is 16.2. The first-order valence-corrected chi connectivity index (χ1v) is 6.90. The predicted octanol–water partition coefficient (Wildman–Crippen LogP) is 3.56. The maximum absolute atomic E-state index is 13.6. The van der Waals surface area contributed by atoms with E-state index in [-0.39, 0.29) is 11.3 Å². The summed E-state index contributed by atoms with van der Waals surface area (Å²) in [6, 6.07) is 5.35. The minimum Gasteiger partial charge on any atom is -0.444 e. The fraction of sp³-hybridized carbons (Fsp3) is 0.500. The van der Waals surface area contributed by atoms with Crippen molar-refractivity contribution >= 4 is 11.9 Å². The van der Waals surface area contributed by atoms with Crippen molar-refractivity contribution in [1.29, 1.82) is 0 Å². The molecule has 0 aliphatic rings. The van der Waals surface area contributed by atoms with E-state index >= 15 is 0 Å². The van der Waals surface area contributed by atoms with E-state index in [1.54, 1.807) is 40.7 Å². The second kappa shape index (κ2) is 6.70. The zero-order valence-electron chi connectivity index (χ0n) is 13.1. The lowest BCUT2D eigenvalue weighted by molar-refractivity contribution is 0.0492. The van der Waals surface area contributed by atoms with Crippen LogP contribution in [0.1, 0.15) is 45.0 Å². The van der Waals surface area contributed by atoms with Crippen molar-refractivity contribution in [3.8, 4) is 0 Å². The molecule has 1 aromatic carbocycles. The summed E-state index contributed by atoms with van der Waals surface area (Å²) in [5, 5.41) is 2.60. The molecular formula is C16H22FNO3. The quantitative estimate of drug-likeness (QED) is 0.864. The summed E-state index contributed by atoms with van der Waals surface area (Å²) in [5.74, 6) is -1.47. The van der Waals surface area contributed by atoms with Crippen LogP contribution in [0, 0.1) is 11.7 Å². The predicted molar refractivity (Wildman–Crippen MR) is 78.7 cm³/mol. The summed E-state index contributed by atoms with van der Waals surface area (Å²) in [6.07, 6.45) is -0.594. The Morgan fingerprint density at radius 2 is 1.76 bits per heavy atom. The first-order valence-electron chi connectivity index (χ1n) is 6.90. The average Bonchev–Trinajstić information content (AvgIpc) is 2.35. The molecule has 2 unspecified atom stereocenters. The van der Waals surface area contributed by atoms with Gasteiger partial charge in [-0.3, -0.25) is 4.79 Å². The van der Waals surface area contributed by atoms with Gasteiger partial charge in [-0.25, -0.2) is 9.18 Å². The minimum absolute atomic E-state index is 0.0304. The van der Waals surface area contributed by atoms with E-state index in [0.717, 1.165) is 0 Å². The van der Waals surface area contributed by atoms with E-state index in [2.05, 4.69) is 5.32 Å². The van der Waals surface area contributed by atoms with Crippen molar-refractivity contribution in [3.63, 3.8) is 0 Å². The molecule has 0 saturated heterocycles. The summed E-state index contributed by atoms with van der Waals surface area (Å²) >= 11 is 0. The first-order chi connectivity index (χ1) is 9.61. The number of ketones is 1. The molecule has 116 valence electrons. The summed E-state index contributed by atoms with van der Waals surface area (Å²) in [7, 11) is 0. The van der Waals surface area contributed by atoms with Crippen LogP contribution < -0.4 is 5.32 Å². The van der Waals surface area contributed by atoms with Crippen LogP contribution in [-0.4, -0.2) is 23.5 Å². The second-order valence-corrected chi connectivity index (χ2v) is 6.07. The Balaban J connectivity index is 2.70. The molecule has 0 fully saturated rings. The number of alkyl carbamates (subject to hydrolysis) is 1. The molecule has 0 aromatic heterocycles. The van der Waals surface area contributed by atoms with E-state index < -0.39 is 29.5 Å². The Morgan fingerprint density at radius 1 is 1.19 bits per heavy atom. The van der Waals surface area contributed by atoms with E-state index in [0.29, 0.717) is 0 Å². The largest absolute Gasteiger partial charge is 0.444 e. The first kappa shape index (κ1) is 17.1. The Hall–Kier alpha value is -1.91. The number of carbonyl (C=O) groups is 2. The number of rotatable bonds is 4. The smallest absolute Gasteiger partial charge is 0.407 e. The normalized spacial score (nSPS) is 14.2. The third-order valence-electron chi connectivity index (χ3n) is 3.05. The molecule has 1 N–H and O–H groups in total. The molecule has 0 saturated carbocycles. The summed E-state index contributed by atoms with van der Waals surface area (Å²) in [4.78, 5) is 23.9. The highest BCUT2D eigenvalue weighted by molar-refractivity contribution is 5.98. The number of hydrogen-bond donors (Lipinski definition) is 1. The van der Waals surface area contributed by atoms with Gasteiger partial charge in [0, 0.05) is 12.0 Å². The van der Waals surface area contributed by atoms with Gasteiger partial charge in [0.2, 0.25) is 0 Å². The molecule has 21 heavy (non-hydrogen) atoms. The van der Waals surface area contributed by atoms with Crippen molar-refractivity contribution in [1.82, 2.24) is 5.32 Å². The van der Waals surface area contributed by atoms with Crippen LogP contribution in [0.25, 0.3) is 0 Å². The maximum Gasteiger partial charge on any atom is 0.407 e. The van der Waals surface area contributed by atoms with Crippen molar-refractivity contribution in [2.75, 3.05) is 0 Å². The zero-order valence-corrected chi connectivity index (χ0v) is 13.1. The molecule has 1 amide bonds. The fourth-order valence-electron chi connectivity index (χ4n) is 1.75. The summed E-state index contributed by atoms with van der Waals surface area (Å²) in [6.45, 7) is 8.60. The van der Waals surface area contributed by atoms with Gasteiger partial charge in [0.25, 0.3) is 0 Å². The molecule has 1 rings (SSSR count). The van der Waals surface area contributed by atoms with Gasteiger partial charge >= 0.3 is 6.09 Å². The summed E-state index contributed by atoms with van der Waals surface area (Å²) in [5.41, 5.74) is -0.578. The van der Waals surface area contributed by atoms with Gasteiger partial charge in [0.15, 0.2) is 5.78 Å². The molecule has 0 heterocycles. The average molecular weight is 295 g/mol. The lowest BCUT2D eigenvalue weighted by atomic mass is 9.93. The number of hydrogen-bond acceptors (Lipinski definition) is 3. The van der Waals surface area contributed by atoms with Gasteiger partial charge in [-0.05, 0) is 39.8 Å². The van der Waals surface area contributed by atoms with Crippen LogP contribution in [-0.2, 0) is 4.74 Å². The molecule has 4 nitrogen and oxygen atoms in total. The lowest BCUT2D eigenvalue weighted by Crippen LogP contribution is -2.42. The van der Waals surface area contributed by atoms with Gasteiger partial charge in [-0.1, -0.05) is 19.1 Å². The highest BCUT2D eigenvalue weighted by atomic mass is 19.1. The summed E-state index contributed by atoms with van der Waals surface area (Å²) < 4.78 is 18.7. The van der Waals surface area contributed by atoms with Gasteiger partial charge in [-0.2, -0.15) is 0 Å². The lowest BCUT2D eigenvalue weighted by Gasteiger charge is -2.24. The van der Waals surface area contributed by atoms with Crippen LogP contribution in [0.2, 0.25) is 0 Å². The van der Waals surface area contributed by atoms with Crippen molar-refractivity contribution in [3.05, 3.63) is 35.6 Å². The molecule has 2 atom stereocenters. The molecular weight excluding hydrogens is 273 g/mol. The Morgan fingerprint density at radius 3 is 2.29 bits per heavy atom. The molecule has 1 aromatic rings. The molecule has 0 spiro atoms. The van der Waals surface area contributed by atoms with Gasteiger partial charge < -0.3 is 10.1 Å². The van der Waals surface area contributed by atoms with Crippen LogP contribution >= 0.6 is 0 Å². The van der Waals surface area contributed by atoms with E-state index in [9.17, 15) is 14.0 Å². The number of carbonyl (C=O) groups excluding carboxylic acids is 2. The fourth-order valence-corrected chi connectivity index (χ4v) is 1.75. The van der Waals surface area contributed by atoms with E-state index in [1.165, 1.54) is 18.2 Å². The van der Waals surface area contributed by atoms with Gasteiger partial charge in [0.1, 0.15) is 11.4 Å². The Labute approximate surface area is 124 Å². The van der Waals surface area contributed by atoms with Crippen LogP contribution in [0.3, 0.4) is 0 Å². The van der Waals surface area contributed by atoms with Gasteiger partial charge in [0.05, 0.1) is 5.56 Å². The number of nitrogens with one attached hydrogen (secondary N) is 1. The number of ether oxygens (including phenoxy) is 1. The van der Waals surface area contributed by atoms with Crippen molar-refractivity contribution in [2.24, 2.45) is 5.92 Å². The number of amides is 1. The molecule has 0 aliphatic heterocycles. The monoisotopic (exact) mass is 295 g/mol. The topological polar surface area (TPSA) is 55.4 Å². The molecule has 0 bridgehead atoms. The Bertz CT molecular complexity index is 522. The van der Waals surface area contributed by atoms with Crippen molar-refractivity contribution in [2.45, 2.75) is 46.3 Å². The molecule has 5 heteroatoms. The van der Waals surface area contributed by atoms with Crippen LogP contribution in [0.15, 0.2) is 24.3 Å². The minimum atomic E-state index is -0.609. The Kier molecular flexibility index (Phi) is 5.47. The number of halogens is 1. The second-order valence-electron chi connectivity index (χ2n) is 6.07. The number of benzene rings is 1. The van der Waals surface area contributed by atoms with Crippen LogP contribution in [0.5, 0.6) is 0 Å². The SMILES string of the molecule is CC(NC(=O)OC(C)(C)C)C(C)C(=O)c1ccccc1F. The highest BCUT2D eigenvalue weighted by Gasteiger charge is 2.26. The third-order valence-corrected chi connectivity index (χ3v) is 3.05. The third kappa shape index (κ3) is 5.17. The van der Waals surface area contributed by atoms with E-state index in [4.69, 9.17) is 4.74 Å². The maximum atomic E-state index is 13.6. The van der Waals surface area contributed by atoms with Crippen molar-refractivity contribution < 1.29 is 18.7 Å².